The van der Waals surface area contributed by atoms with Gasteiger partial charge >= 0.3 is 0 Å². The number of fused-ring (bicyclic) bond motifs is 3. The van der Waals surface area contributed by atoms with Crippen LogP contribution in [0, 0.1) is 0 Å². The molecule has 108 valence electrons. The molecule has 4 rings (SSSR count). The minimum Gasteiger partial charge on any atom is -0.393 e. The Labute approximate surface area is 122 Å². The molecule has 1 aromatic heterocycles. The Morgan fingerprint density at radius 1 is 1.10 bits per heavy atom. The van der Waals surface area contributed by atoms with E-state index in [0.29, 0.717) is 18.4 Å². The van der Waals surface area contributed by atoms with Crippen LogP contribution in [-0.2, 0) is 0 Å². The molecule has 2 aliphatic rings. The molecule has 5 heteroatoms. The lowest BCUT2D eigenvalue weighted by Gasteiger charge is -2.37. The number of amides is 1. The summed E-state index contributed by atoms with van der Waals surface area (Å²) in [6.45, 7) is 0. The third-order valence-corrected chi connectivity index (χ3v) is 4.66. The van der Waals surface area contributed by atoms with Gasteiger partial charge < -0.3 is 10.0 Å². The Hall–Kier alpha value is -2.01. The largest absolute Gasteiger partial charge is 0.393 e. The number of hydrogen-bond acceptors (Lipinski definition) is 4. The molecule has 2 atom stereocenters. The van der Waals surface area contributed by atoms with Crippen LogP contribution in [0.4, 0.5) is 0 Å². The molecular formula is C16H17N3O2. The second kappa shape index (κ2) is 4.77. The Kier molecular flexibility index (Phi) is 2.89. The number of carbonyl (C=O) groups is 1. The minimum atomic E-state index is -0.256. The molecule has 2 fully saturated rings. The van der Waals surface area contributed by atoms with Crippen LogP contribution in [0.3, 0.4) is 0 Å². The second-order valence-corrected chi connectivity index (χ2v) is 5.98. The number of piperidine rings is 1. The summed E-state index contributed by atoms with van der Waals surface area (Å²) in [6, 6.07) is 5.85. The van der Waals surface area contributed by atoms with E-state index < -0.39 is 0 Å². The van der Waals surface area contributed by atoms with E-state index >= 15 is 0 Å². The average molecular weight is 283 g/mol. The summed E-state index contributed by atoms with van der Waals surface area (Å²) in [6.07, 6.45) is 6.44. The molecule has 1 amide bonds. The second-order valence-electron chi connectivity index (χ2n) is 5.98. The number of aliphatic hydroxyl groups excluding tert-OH is 1. The molecule has 1 N–H and O–H groups in total. The standard InChI is InChI=1S/C16H17N3O2/c20-13-8-11-2-3-12(9-13)19(11)16(21)10-1-4-14-15(7-10)18-6-5-17-14/h1,4-7,11-13,20H,2-3,8-9H2. The summed E-state index contributed by atoms with van der Waals surface area (Å²) in [7, 11) is 0. The summed E-state index contributed by atoms with van der Waals surface area (Å²) >= 11 is 0. The highest BCUT2D eigenvalue weighted by molar-refractivity contribution is 5.97. The van der Waals surface area contributed by atoms with E-state index in [1.807, 2.05) is 23.1 Å². The highest BCUT2D eigenvalue weighted by Gasteiger charge is 2.42. The number of nitrogens with zero attached hydrogens (tertiary/aromatic N) is 3. The lowest BCUT2D eigenvalue weighted by atomic mass is 9.98. The third-order valence-electron chi connectivity index (χ3n) is 4.66. The summed E-state index contributed by atoms with van der Waals surface area (Å²) < 4.78 is 0. The molecule has 0 aliphatic carbocycles. The first-order chi connectivity index (χ1) is 10.2. The van der Waals surface area contributed by atoms with E-state index in [9.17, 15) is 9.90 Å². The zero-order valence-electron chi connectivity index (χ0n) is 11.6. The number of rotatable bonds is 1. The van der Waals surface area contributed by atoms with E-state index in [-0.39, 0.29) is 24.1 Å². The molecule has 2 aromatic rings. The van der Waals surface area contributed by atoms with Crippen LogP contribution in [0.1, 0.15) is 36.0 Å². The minimum absolute atomic E-state index is 0.0574. The molecule has 0 spiro atoms. The lowest BCUT2D eigenvalue weighted by Crippen LogP contribution is -2.48. The van der Waals surface area contributed by atoms with Crippen molar-refractivity contribution in [3.8, 4) is 0 Å². The fraction of sp³-hybridized carbons (Fsp3) is 0.438. The van der Waals surface area contributed by atoms with Crippen molar-refractivity contribution in [3.05, 3.63) is 36.2 Å². The van der Waals surface area contributed by atoms with E-state index in [1.165, 1.54) is 0 Å². The van der Waals surface area contributed by atoms with Crippen molar-refractivity contribution in [1.82, 2.24) is 14.9 Å². The molecule has 2 aliphatic heterocycles. The molecule has 1 aromatic carbocycles. The molecule has 2 saturated heterocycles. The highest BCUT2D eigenvalue weighted by Crippen LogP contribution is 2.36. The molecule has 3 heterocycles. The van der Waals surface area contributed by atoms with Gasteiger partial charge in [0, 0.05) is 30.0 Å². The van der Waals surface area contributed by atoms with Crippen molar-refractivity contribution in [2.75, 3.05) is 0 Å². The van der Waals surface area contributed by atoms with Gasteiger partial charge in [0.15, 0.2) is 0 Å². The third kappa shape index (κ3) is 2.08. The fourth-order valence-electron chi connectivity index (χ4n) is 3.73. The number of benzene rings is 1. The Bertz CT molecular complexity index is 689. The smallest absolute Gasteiger partial charge is 0.254 e. The van der Waals surface area contributed by atoms with Gasteiger partial charge in [-0.25, -0.2) is 0 Å². The van der Waals surface area contributed by atoms with Crippen LogP contribution in [0.15, 0.2) is 30.6 Å². The molecular weight excluding hydrogens is 266 g/mol. The first kappa shape index (κ1) is 12.7. The van der Waals surface area contributed by atoms with Crippen molar-refractivity contribution in [2.45, 2.75) is 43.9 Å². The Morgan fingerprint density at radius 3 is 2.48 bits per heavy atom. The maximum atomic E-state index is 12.8. The van der Waals surface area contributed by atoms with Gasteiger partial charge in [0.1, 0.15) is 0 Å². The zero-order valence-corrected chi connectivity index (χ0v) is 11.6. The quantitative estimate of drug-likeness (QED) is 0.866. The number of aliphatic hydroxyl groups is 1. The Morgan fingerprint density at radius 2 is 1.76 bits per heavy atom. The highest BCUT2D eigenvalue weighted by atomic mass is 16.3. The predicted molar refractivity (Wildman–Crippen MR) is 77.8 cm³/mol. The maximum Gasteiger partial charge on any atom is 0.254 e. The van der Waals surface area contributed by atoms with Crippen molar-refractivity contribution >= 4 is 16.9 Å². The van der Waals surface area contributed by atoms with Crippen LogP contribution in [0.25, 0.3) is 11.0 Å². The summed E-state index contributed by atoms with van der Waals surface area (Å²) in [5.41, 5.74) is 2.20. The van der Waals surface area contributed by atoms with E-state index in [0.717, 1.165) is 23.9 Å². The molecule has 0 saturated carbocycles. The van der Waals surface area contributed by atoms with Crippen LogP contribution in [-0.4, -0.2) is 44.1 Å². The molecule has 2 bridgehead atoms. The first-order valence-corrected chi connectivity index (χ1v) is 7.44. The van der Waals surface area contributed by atoms with Gasteiger partial charge in [0.05, 0.1) is 17.1 Å². The van der Waals surface area contributed by atoms with Gasteiger partial charge in [0.25, 0.3) is 5.91 Å². The lowest BCUT2D eigenvalue weighted by molar-refractivity contribution is 0.0287. The molecule has 2 unspecified atom stereocenters. The van der Waals surface area contributed by atoms with Gasteiger partial charge in [-0.1, -0.05) is 0 Å². The summed E-state index contributed by atoms with van der Waals surface area (Å²) in [4.78, 5) is 23.3. The van der Waals surface area contributed by atoms with Crippen molar-refractivity contribution in [3.63, 3.8) is 0 Å². The molecule has 21 heavy (non-hydrogen) atoms. The molecule has 5 nitrogen and oxygen atoms in total. The van der Waals surface area contributed by atoms with Gasteiger partial charge in [-0.2, -0.15) is 0 Å². The number of carbonyl (C=O) groups excluding carboxylic acids is 1. The first-order valence-electron chi connectivity index (χ1n) is 7.44. The number of aromatic nitrogens is 2. The van der Waals surface area contributed by atoms with Crippen molar-refractivity contribution in [1.29, 1.82) is 0 Å². The van der Waals surface area contributed by atoms with Crippen LogP contribution in [0.5, 0.6) is 0 Å². The van der Waals surface area contributed by atoms with Crippen molar-refractivity contribution < 1.29 is 9.90 Å². The average Bonchev–Trinajstić information content (AvgIpc) is 2.78. The van der Waals surface area contributed by atoms with Gasteiger partial charge in [-0.3, -0.25) is 14.8 Å². The zero-order chi connectivity index (χ0) is 14.4. The summed E-state index contributed by atoms with van der Waals surface area (Å²) in [5, 5.41) is 9.85. The maximum absolute atomic E-state index is 12.8. The Balaban J connectivity index is 1.67. The monoisotopic (exact) mass is 283 g/mol. The van der Waals surface area contributed by atoms with Crippen molar-refractivity contribution in [2.24, 2.45) is 0 Å². The van der Waals surface area contributed by atoms with Gasteiger partial charge in [-0.05, 0) is 43.9 Å². The van der Waals surface area contributed by atoms with E-state index in [2.05, 4.69) is 9.97 Å². The predicted octanol–water partition coefficient (Wildman–Crippen LogP) is 1.76. The SMILES string of the molecule is O=C(c1ccc2nccnc2c1)N1C2CCC1CC(O)C2. The topological polar surface area (TPSA) is 66.3 Å². The van der Waals surface area contributed by atoms with Gasteiger partial charge in [0.2, 0.25) is 0 Å². The van der Waals surface area contributed by atoms with Gasteiger partial charge in [-0.15, -0.1) is 0 Å². The van der Waals surface area contributed by atoms with Crippen LogP contribution < -0.4 is 0 Å². The molecule has 0 radical (unpaired) electrons. The van der Waals surface area contributed by atoms with E-state index in [4.69, 9.17) is 0 Å². The fourth-order valence-corrected chi connectivity index (χ4v) is 3.73. The van der Waals surface area contributed by atoms with E-state index in [1.54, 1.807) is 12.4 Å². The van der Waals surface area contributed by atoms with Crippen LogP contribution >= 0.6 is 0 Å². The normalized spacial score (nSPS) is 28.0. The number of hydrogen-bond donors (Lipinski definition) is 1. The van der Waals surface area contributed by atoms with Crippen LogP contribution in [0.2, 0.25) is 0 Å². The summed E-state index contributed by atoms with van der Waals surface area (Å²) in [5.74, 6) is 0.0574.